The summed E-state index contributed by atoms with van der Waals surface area (Å²) in [6, 6.07) is -0.452. The van der Waals surface area contributed by atoms with E-state index in [1.54, 1.807) is 0 Å². The maximum atomic E-state index is 11.9. The van der Waals surface area contributed by atoms with Crippen LogP contribution in [0.5, 0.6) is 0 Å². The van der Waals surface area contributed by atoms with Gasteiger partial charge in [0.1, 0.15) is 6.23 Å². The summed E-state index contributed by atoms with van der Waals surface area (Å²) in [5.41, 5.74) is 7.74. The molecule has 2 rings (SSSR count). The van der Waals surface area contributed by atoms with Crippen molar-refractivity contribution in [1.29, 1.82) is 0 Å². The average molecular weight is 377 g/mol. The standard InChI is InChI=1S/C11H11BrClN5O3/c12-2-1-6-5-18(11(20)15-10(6)19)9-3-7(16-17-14)8(4-13)21-9/h1-2,5,7-9H,3-4H2,(H,15,19,20)/b2-1+/t7-,8+,9+/m0/s1. The lowest BCUT2D eigenvalue weighted by Gasteiger charge is -2.14. The highest BCUT2D eigenvalue weighted by molar-refractivity contribution is 9.11. The molecule has 21 heavy (non-hydrogen) atoms. The van der Waals surface area contributed by atoms with Crippen molar-refractivity contribution in [2.75, 3.05) is 5.88 Å². The molecule has 8 nitrogen and oxygen atoms in total. The summed E-state index contributed by atoms with van der Waals surface area (Å²) in [7, 11) is 0. The van der Waals surface area contributed by atoms with Crippen LogP contribution in [0.15, 0.2) is 25.9 Å². The Hall–Kier alpha value is -1.54. The van der Waals surface area contributed by atoms with Crippen LogP contribution in [0.4, 0.5) is 0 Å². The lowest BCUT2D eigenvalue weighted by Crippen LogP contribution is -2.33. The van der Waals surface area contributed by atoms with Gasteiger partial charge in [-0.3, -0.25) is 14.3 Å². The van der Waals surface area contributed by atoms with E-state index in [1.165, 1.54) is 21.8 Å². The fourth-order valence-corrected chi connectivity index (χ4v) is 2.68. The Bertz CT molecular complexity index is 709. The van der Waals surface area contributed by atoms with Gasteiger partial charge in [-0.15, -0.1) is 11.6 Å². The van der Waals surface area contributed by atoms with Crippen LogP contribution >= 0.6 is 27.5 Å². The van der Waals surface area contributed by atoms with Gasteiger partial charge in [0.2, 0.25) is 0 Å². The number of nitrogens with one attached hydrogen (secondary N) is 1. The lowest BCUT2D eigenvalue weighted by atomic mass is 10.1. The molecular formula is C11H11BrClN5O3. The second-order valence-corrected chi connectivity index (χ2v) is 5.17. The number of azide groups is 1. The van der Waals surface area contributed by atoms with Crippen molar-refractivity contribution in [1.82, 2.24) is 9.55 Å². The SMILES string of the molecule is [N-]=[N+]=N[C@H]1C[C@H](n2cc(/C=C/Br)c(=O)[nH]c2=O)O[C@@H]1CCl. The number of hydrogen-bond acceptors (Lipinski definition) is 4. The van der Waals surface area contributed by atoms with Crippen LogP contribution in [0, 0.1) is 0 Å². The van der Waals surface area contributed by atoms with Gasteiger partial charge in [-0.1, -0.05) is 21.0 Å². The second kappa shape index (κ2) is 6.95. The lowest BCUT2D eigenvalue weighted by molar-refractivity contribution is 0.00765. The topological polar surface area (TPSA) is 113 Å². The third-order valence-electron chi connectivity index (χ3n) is 3.10. The largest absolute Gasteiger partial charge is 0.353 e. The molecule has 2 heterocycles. The van der Waals surface area contributed by atoms with Crippen molar-refractivity contribution in [3.63, 3.8) is 0 Å². The highest BCUT2D eigenvalue weighted by Gasteiger charge is 2.35. The first-order valence-corrected chi connectivity index (χ1v) is 7.43. The molecule has 10 heteroatoms. The first-order valence-electron chi connectivity index (χ1n) is 5.98. The molecule has 0 unspecified atom stereocenters. The molecule has 0 radical (unpaired) electrons. The molecule has 1 saturated heterocycles. The number of H-pyrrole nitrogens is 1. The molecule has 112 valence electrons. The quantitative estimate of drug-likeness (QED) is 0.376. The van der Waals surface area contributed by atoms with Gasteiger partial charge in [0.05, 0.1) is 17.7 Å². The first kappa shape index (κ1) is 15.8. The van der Waals surface area contributed by atoms with E-state index in [0.29, 0.717) is 12.0 Å². The van der Waals surface area contributed by atoms with Gasteiger partial charge < -0.3 is 4.74 Å². The van der Waals surface area contributed by atoms with Crippen LogP contribution in [-0.4, -0.2) is 27.6 Å². The van der Waals surface area contributed by atoms with Gasteiger partial charge in [-0.2, -0.15) is 0 Å². The minimum Gasteiger partial charge on any atom is -0.353 e. The van der Waals surface area contributed by atoms with Crippen LogP contribution in [0.25, 0.3) is 16.5 Å². The van der Waals surface area contributed by atoms with Crippen LogP contribution in [-0.2, 0) is 4.74 Å². The predicted octanol–water partition coefficient (Wildman–Crippen LogP) is 2.11. The second-order valence-electron chi connectivity index (χ2n) is 4.34. The number of aromatic nitrogens is 2. The highest BCUT2D eigenvalue weighted by Crippen LogP contribution is 2.30. The minimum atomic E-state index is -0.643. The first-order chi connectivity index (χ1) is 10.1. The number of aromatic amines is 1. The van der Waals surface area contributed by atoms with Gasteiger partial charge in [-0.05, 0) is 16.6 Å². The smallest absolute Gasteiger partial charge is 0.330 e. The fraction of sp³-hybridized carbons (Fsp3) is 0.455. The van der Waals surface area contributed by atoms with E-state index in [4.69, 9.17) is 21.9 Å². The highest BCUT2D eigenvalue weighted by atomic mass is 79.9. The predicted molar refractivity (Wildman–Crippen MR) is 81.5 cm³/mol. The van der Waals surface area contributed by atoms with Gasteiger partial charge in [0, 0.05) is 23.4 Å². The van der Waals surface area contributed by atoms with Gasteiger partial charge in [0.15, 0.2) is 0 Å². The van der Waals surface area contributed by atoms with Crippen molar-refractivity contribution in [3.8, 4) is 0 Å². The summed E-state index contributed by atoms with van der Waals surface area (Å²) in [6.07, 6.45) is 2.10. The number of hydrogen-bond donors (Lipinski definition) is 1. The van der Waals surface area contributed by atoms with E-state index in [2.05, 4.69) is 30.9 Å². The zero-order chi connectivity index (χ0) is 15.4. The summed E-state index contributed by atoms with van der Waals surface area (Å²) in [5, 5.41) is 3.62. The van der Waals surface area contributed by atoms with Crippen molar-refractivity contribution < 1.29 is 4.74 Å². The molecule has 1 aromatic heterocycles. The number of alkyl halides is 1. The molecule has 0 bridgehead atoms. The summed E-state index contributed by atoms with van der Waals surface area (Å²) < 4.78 is 6.88. The summed E-state index contributed by atoms with van der Waals surface area (Å²) >= 11 is 8.84. The molecule has 1 aliphatic rings. The molecule has 1 aromatic rings. The van der Waals surface area contributed by atoms with E-state index in [1.807, 2.05) is 0 Å². The Morgan fingerprint density at radius 2 is 2.43 bits per heavy atom. The summed E-state index contributed by atoms with van der Waals surface area (Å²) in [5.74, 6) is 0.145. The Morgan fingerprint density at radius 1 is 1.67 bits per heavy atom. The van der Waals surface area contributed by atoms with E-state index in [-0.39, 0.29) is 5.88 Å². The molecule has 1 N–H and O–H groups in total. The third-order valence-corrected chi connectivity index (χ3v) is 3.67. The summed E-state index contributed by atoms with van der Waals surface area (Å²) in [4.78, 5) is 30.0. The zero-order valence-corrected chi connectivity index (χ0v) is 13.0. The maximum Gasteiger partial charge on any atom is 0.330 e. The maximum absolute atomic E-state index is 11.9. The summed E-state index contributed by atoms with van der Waals surface area (Å²) in [6.45, 7) is 0. The van der Waals surface area contributed by atoms with Crippen molar-refractivity contribution in [2.24, 2.45) is 5.11 Å². The molecule has 0 amide bonds. The van der Waals surface area contributed by atoms with Crippen molar-refractivity contribution in [3.05, 3.63) is 48.0 Å². The van der Waals surface area contributed by atoms with Crippen LogP contribution in [0.2, 0.25) is 0 Å². The number of rotatable bonds is 4. The van der Waals surface area contributed by atoms with Crippen LogP contribution < -0.4 is 11.2 Å². The monoisotopic (exact) mass is 375 g/mol. The average Bonchev–Trinajstić information content (AvgIpc) is 2.85. The van der Waals surface area contributed by atoms with E-state index < -0.39 is 29.6 Å². The van der Waals surface area contributed by atoms with Crippen molar-refractivity contribution >= 4 is 33.6 Å². The van der Waals surface area contributed by atoms with Gasteiger partial charge in [0.25, 0.3) is 5.56 Å². The van der Waals surface area contributed by atoms with Crippen LogP contribution in [0.1, 0.15) is 18.2 Å². The van der Waals surface area contributed by atoms with Crippen LogP contribution in [0.3, 0.4) is 0 Å². The molecular weight excluding hydrogens is 366 g/mol. The third kappa shape index (κ3) is 3.38. The molecule has 0 aliphatic carbocycles. The Balaban J connectivity index is 2.39. The molecule has 0 spiro atoms. The molecule has 3 atom stereocenters. The molecule has 0 saturated carbocycles. The molecule has 0 aromatic carbocycles. The number of halogens is 2. The zero-order valence-electron chi connectivity index (χ0n) is 10.6. The Morgan fingerprint density at radius 3 is 3.05 bits per heavy atom. The fourth-order valence-electron chi connectivity index (χ4n) is 2.11. The number of nitrogens with zero attached hydrogens (tertiary/aromatic N) is 4. The van der Waals surface area contributed by atoms with Gasteiger partial charge >= 0.3 is 5.69 Å². The molecule has 1 aliphatic heterocycles. The van der Waals surface area contributed by atoms with Gasteiger partial charge in [-0.25, -0.2) is 4.79 Å². The van der Waals surface area contributed by atoms with E-state index in [0.717, 1.165) is 0 Å². The Kier molecular flexibility index (Phi) is 5.24. The number of ether oxygens (including phenoxy) is 1. The minimum absolute atomic E-state index is 0.145. The van der Waals surface area contributed by atoms with E-state index in [9.17, 15) is 9.59 Å². The Labute approximate surface area is 132 Å². The van der Waals surface area contributed by atoms with E-state index >= 15 is 0 Å². The normalized spacial score (nSPS) is 25.1. The molecule has 1 fully saturated rings. The van der Waals surface area contributed by atoms with Crippen molar-refractivity contribution in [2.45, 2.75) is 24.8 Å².